The number of methoxy groups -OCH3 is 1. The van der Waals surface area contributed by atoms with Crippen molar-refractivity contribution in [3.63, 3.8) is 0 Å². The first kappa shape index (κ1) is 26.9. The van der Waals surface area contributed by atoms with Crippen LogP contribution in [0.25, 0.3) is 0 Å². The second-order valence-electron chi connectivity index (χ2n) is 8.89. The van der Waals surface area contributed by atoms with Gasteiger partial charge in [-0.15, -0.1) is 0 Å². The third kappa shape index (κ3) is 7.68. The second kappa shape index (κ2) is 13.4. The Kier molecular flexibility index (Phi) is 9.77. The molecule has 7 nitrogen and oxygen atoms in total. The highest BCUT2D eigenvalue weighted by molar-refractivity contribution is 6.36. The molecular weight excluding hydrogens is 509 g/mol. The number of nitrogens with zero attached hydrogens (tertiary/aromatic N) is 3. The van der Waals surface area contributed by atoms with E-state index in [1.54, 1.807) is 30.3 Å². The van der Waals surface area contributed by atoms with Crippen LogP contribution in [0.5, 0.6) is 5.75 Å². The molecule has 1 aliphatic rings. The maximum Gasteiger partial charge on any atom is 0.333 e. The summed E-state index contributed by atoms with van der Waals surface area (Å²) in [6.45, 7) is 5.82. The first-order valence-corrected chi connectivity index (χ1v) is 13.2. The van der Waals surface area contributed by atoms with Gasteiger partial charge in [-0.05, 0) is 48.9 Å². The van der Waals surface area contributed by atoms with E-state index in [0.29, 0.717) is 28.8 Å². The summed E-state index contributed by atoms with van der Waals surface area (Å²) in [5.41, 5.74) is 5.80. The number of halogens is 2. The van der Waals surface area contributed by atoms with Crippen LogP contribution in [0.4, 0.5) is 16.2 Å². The van der Waals surface area contributed by atoms with E-state index in [-0.39, 0.29) is 6.03 Å². The predicted octanol–water partition coefficient (Wildman–Crippen LogP) is 5.44. The van der Waals surface area contributed by atoms with Crippen molar-refractivity contribution in [3.8, 4) is 5.75 Å². The topological polar surface area (TPSA) is 60.1 Å². The molecule has 0 saturated carbocycles. The van der Waals surface area contributed by atoms with Gasteiger partial charge in [0.15, 0.2) is 0 Å². The molecule has 196 valence electrons. The average molecular weight is 543 g/mol. The molecule has 1 saturated heterocycles. The molecule has 2 amide bonds. The Hall–Kier alpha value is -3.13. The van der Waals surface area contributed by atoms with Gasteiger partial charge < -0.3 is 15.0 Å². The zero-order valence-corrected chi connectivity index (χ0v) is 22.5. The second-order valence-corrected chi connectivity index (χ2v) is 9.73. The number of amides is 2. The molecule has 0 aromatic heterocycles. The third-order valence-corrected chi connectivity index (χ3v) is 6.89. The highest BCUT2D eigenvalue weighted by Crippen LogP contribution is 2.29. The smallest absolute Gasteiger partial charge is 0.333 e. The Balaban J connectivity index is 1.23. The van der Waals surface area contributed by atoms with Gasteiger partial charge in [0, 0.05) is 37.7 Å². The molecule has 2 N–H and O–H groups in total. The van der Waals surface area contributed by atoms with Crippen LogP contribution in [0, 0.1) is 0 Å². The van der Waals surface area contributed by atoms with E-state index in [1.807, 2.05) is 48.5 Å². The summed E-state index contributed by atoms with van der Waals surface area (Å²) < 4.78 is 5.51. The average Bonchev–Trinajstić information content (AvgIpc) is 2.92. The van der Waals surface area contributed by atoms with Crippen molar-refractivity contribution in [2.75, 3.05) is 56.3 Å². The fourth-order valence-corrected chi connectivity index (χ4v) is 4.93. The molecule has 0 atom stereocenters. The van der Waals surface area contributed by atoms with Crippen LogP contribution in [0.2, 0.25) is 10.0 Å². The van der Waals surface area contributed by atoms with Crippen molar-refractivity contribution in [2.24, 2.45) is 0 Å². The molecule has 37 heavy (non-hydrogen) atoms. The number of hydrazine groups is 1. The molecule has 3 aromatic rings. The highest BCUT2D eigenvalue weighted by atomic mass is 35.5. The van der Waals surface area contributed by atoms with Crippen LogP contribution in [0.3, 0.4) is 0 Å². The summed E-state index contributed by atoms with van der Waals surface area (Å²) in [7, 11) is 1.71. The van der Waals surface area contributed by atoms with Gasteiger partial charge in [-0.3, -0.25) is 9.91 Å². The van der Waals surface area contributed by atoms with Crippen LogP contribution in [-0.4, -0.2) is 57.3 Å². The molecule has 0 bridgehead atoms. The highest BCUT2D eigenvalue weighted by Gasteiger charge is 2.19. The number of carbonyl (C=O) groups excluding carboxylic acids is 1. The van der Waals surface area contributed by atoms with Crippen LogP contribution in [-0.2, 0) is 6.54 Å². The number of carbonyl (C=O) groups is 1. The molecule has 1 heterocycles. The normalized spacial score (nSPS) is 13.8. The van der Waals surface area contributed by atoms with E-state index < -0.39 is 0 Å². The minimum absolute atomic E-state index is 0.275. The van der Waals surface area contributed by atoms with Crippen LogP contribution >= 0.6 is 23.2 Å². The number of benzene rings is 3. The molecular formula is C28H33Cl2N5O2. The molecule has 0 aliphatic carbocycles. The van der Waals surface area contributed by atoms with Crippen molar-refractivity contribution >= 4 is 40.6 Å². The lowest BCUT2D eigenvalue weighted by atomic mass is 10.2. The summed E-state index contributed by atoms with van der Waals surface area (Å²) in [4.78, 5) is 17.5. The number of para-hydroxylation sites is 2. The number of nitrogens with one attached hydrogen (secondary N) is 2. The third-order valence-electron chi connectivity index (χ3n) is 6.36. The first-order valence-electron chi connectivity index (χ1n) is 12.4. The van der Waals surface area contributed by atoms with Gasteiger partial charge in [0.05, 0.1) is 30.1 Å². The maximum absolute atomic E-state index is 12.7. The Morgan fingerprint density at radius 1 is 0.973 bits per heavy atom. The fourth-order valence-electron chi connectivity index (χ4n) is 4.42. The van der Waals surface area contributed by atoms with E-state index in [2.05, 4.69) is 26.6 Å². The Morgan fingerprint density at radius 2 is 1.70 bits per heavy atom. The SMILES string of the molecule is COc1ccccc1N1CCN(CCCNC(=O)NN(Cc2ccccc2)c2ccc(Cl)cc2Cl)CC1. The quantitative estimate of drug-likeness (QED) is 0.264. The number of hydrogen-bond acceptors (Lipinski definition) is 5. The van der Waals surface area contributed by atoms with Crippen LogP contribution in [0.1, 0.15) is 12.0 Å². The lowest BCUT2D eigenvalue weighted by Gasteiger charge is -2.36. The van der Waals surface area contributed by atoms with Gasteiger partial charge in [-0.2, -0.15) is 0 Å². The van der Waals surface area contributed by atoms with Crippen molar-refractivity contribution in [1.82, 2.24) is 15.6 Å². The Morgan fingerprint density at radius 3 is 2.43 bits per heavy atom. The van der Waals surface area contributed by atoms with Crippen molar-refractivity contribution in [3.05, 3.63) is 88.4 Å². The van der Waals surface area contributed by atoms with Gasteiger partial charge in [-0.1, -0.05) is 65.7 Å². The molecule has 1 aliphatic heterocycles. The molecule has 4 rings (SSSR count). The summed E-state index contributed by atoms with van der Waals surface area (Å²) in [5, 5.41) is 5.72. The van der Waals surface area contributed by atoms with Gasteiger partial charge in [0.1, 0.15) is 5.75 Å². The van der Waals surface area contributed by atoms with Crippen molar-refractivity contribution < 1.29 is 9.53 Å². The molecule has 0 spiro atoms. The Labute approximate surface area is 228 Å². The number of urea groups is 1. The number of anilines is 2. The lowest BCUT2D eigenvalue weighted by molar-refractivity contribution is 0.235. The van der Waals surface area contributed by atoms with Crippen molar-refractivity contribution in [2.45, 2.75) is 13.0 Å². The zero-order valence-electron chi connectivity index (χ0n) is 21.0. The minimum Gasteiger partial charge on any atom is -0.495 e. The first-order chi connectivity index (χ1) is 18.0. The summed E-state index contributed by atoms with van der Waals surface area (Å²) in [5.74, 6) is 0.910. The molecule has 0 unspecified atom stereocenters. The van der Waals surface area contributed by atoms with Gasteiger partial charge in [-0.25, -0.2) is 10.2 Å². The van der Waals surface area contributed by atoms with Gasteiger partial charge in [0.2, 0.25) is 0 Å². The number of piperazine rings is 1. The lowest BCUT2D eigenvalue weighted by Crippen LogP contribution is -2.49. The number of rotatable bonds is 10. The molecule has 1 fully saturated rings. The molecule has 9 heteroatoms. The minimum atomic E-state index is -0.275. The predicted molar refractivity (Wildman–Crippen MR) is 152 cm³/mol. The van der Waals surface area contributed by atoms with E-state index in [4.69, 9.17) is 27.9 Å². The van der Waals surface area contributed by atoms with Crippen LogP contribution < -0.4 is 25.4 Å². The van der Waals surface area contributed by atoms with E-state index in [1.165, 1.54) is 0 Å². The molecule has 0 radical (unpaired) electrons. The standard InChI is InChI=1S/C28H33Cl2N5O2/c1-37-27-11-6-5-10-26(27)34-18-16-33(17-19-34)15-7-14-31-28(36)32-35(21-22-8-3-2-4-9-22)25-13-12-23(29)20-24(25)30/h2-6,8-13,20H,7,14-19,21H2,1H3,(H2,31,32,36). The fraction of sp³-hybridized carbons (Fsp3) is 0.321. The van der Waals surface area contributed by atoms with E-state index in [9.17, 15) is 4.79 Å². The monoisotopic (exact) mass is 541 g/mol. The largest absolute Gasteiger partial charge is 0.495 e. The summed E-state index contributed by atoms with van der Waals surface area (Å²) in [6.07, 6.45) is 0.864. The van der Waals surface area contributed by atoms with E-state index in [0.717, 1.165) is 56.1 Å². The molecule has 3 aromatic carbocycles. The van der Waals surface area contributed by atoms with Gasteiger partial charge >= 0.3 is 6.03 Å². The zero-order chi connectivity index (χ0) is 26.0. The Bertz CT molecular complexity index is 1160. The number of hydrogen-bond donors (Lipinski definition) is 2. The van der Waals surface area contributed by atoms with E-state index >= 15 is 0 Å². The summed E-state index contributed by atoms with van der Waals surface area (Å²) >= 11 is 12.5. The summed E-state index contributed by atoms with van der Waals surface area (Å²) in [6, 6.07) is 23.0. The maximum atomic E-state index is 12.7. The van der Waals surface area contributed by atoms with Gasteiger partial charge in [0.25, 0.3) is 0 Å². The van der Waals surface area contributed by atoms with Crippen LogP contribution in [0.15, 0.2) is 72.8 Å². The number of ether oxygens (including phenoxy) is 1. The van der Waals surface area contributed by atoms with Crippen molar-refractivity contribution in [1.29, 1.82) is 0 Å².